The standard InChI is InChI=1S/C10H13NO2S/c1-9-5-2-3-6-10(9)14(12,13)11-7-4-8-11/h2-3,5-6H,4,7-8H2,1H3. The van der Waals surface area contributed by atoms with Crippen molar-refractivity contribution in [3.05, 3.63) is 29.8 Å². The Morgan fingerprint density at radius 3 is 2.36 bits per heavy atom. The van der Waals surface area contributed by atoms with Gasteiger partial charge in [0.05, 0.1) is 4.90 Å². The van der Waals surface area contributed by atoms with Gasteiger partial charge in [-0.1, -0.05) is 18.2 Å². The molecule has 14 heavy (non-hydrogen) atoms. The van der Waals surface area contributed by atoms with Gasteiger partial charge in [0.15, 0.2) is 0 Å². The fourth-order valence-electron chi connectivity index (χ4n) is 1.51. The third-order valence-corrected chi connectivity index (χ3v) is 4.59. The molecule has 1 aromatic carbocycles. The van der Waals surface area contributed by atoms with Gasteiger partial charge in [0.2, 0.25) is 10.0 Å². The predicted octanol–water partition coefficient (Wildman–Crippen LogP) is 1.39. The minimum atomic E-state index is -3.20. The van der Waals surface area contributed by atoms with Crippen LogP contribution in [0.25, 0.3) is 0 Å². The lowest BCUT2D eigenvalue weighted by Crippen LogP contribution is -2.42. The number of hydrogen-bond acceptors (Lipinski definition) is 2. The molecule has 0 amide bonds. The van der Waals surface area contributed by atoms with Crippen LogP contribution in [-0.4, -0.2) is 25.8 Å². The Kier molecular flexibility index (Phi) is 2.33. The number of hydrogen-bond donors (Lipinski definition) is 0. The first-order valence-electron chi connectivity index (χ1n) is 4.68. The van der Waals surface area contributed by atoms with Gasteiger partial charge in [0.1, 0.15) is 0 Å². The van der Waals surface area contributed by atoms with Gasteiger partial charge in [-0.3, -0.25) is 0 Å². The van der Waals surface area contributed by atoms with Gasteiger partial charge in [0, 0.05) is 13.1 Å². The number of benzene rings is 1. The molecule has 1 aromatic rings. The molecule has 4 heteroatoms. The van der Waals surface area contributed by atoms with Crippen LogP contribution in [0.4, 0.5) is 0 Å². The quantitative estimate of drug-likeness (QED) is 0.741. The Hall–Kier alpha value is -0.870. The molecule has 0 spiro atoms. The highest BCUT2D eigenvalue weighted by Crippen LogP contribution is 2.23. The second kappa shape index (κ2) is 3.37. The van der Waals surface area contributed by atoms with Gasteiger partial charge >= 0.3 is 0 Å². The van der Waals surface area contributed by atoms with Crippen LogP contribution in [0.3, 0.4) is 0 Å². The molecule has 1 heterocycles. The van der Waals surface area contributed by atoms with Crippen molar-refractivity contribution < 1.29 is 8.42 Å². The van der Waals surface area contributed by atoms with E-state index in [9.17, 15) is 8.42 Å². The molecule has 1 saturated heterocycles. The minimum Gasteiger partial charge on any atom is -0.207 e. The summed E-state index contributed by atoms with van der Waals surface area (Å²) in [6, 6.07) is 7.11. The van der Waals surface area contributed by atoms with Gasteiger partial charge in [-0.05, 0) is 25.0 Å². The SMILES string of the molecule is Cc1ccccc1S(=O)(=O)N1CCC1. The summed E-state index contributed by atoms with van der Waals surface area (Å²) in [5.74, 6) is 0. The average molecular weight is 211 g/mol. The van der Waals surface area contributed by atoms with Crippen LogP contribution >= 0.6 is 0 Å². The normalized spacial score (nSPS) is 17.8. The van der Waals surface area contributed by atoms with Crippen molar-refractivity contribution in [1.29, 1.82) is 0 Å². The van der Waals surface area contributed by atoms with Gasteiger partial charge < -0.3 is 0 Å². The van der Waals surface area contributed by atoms with Crippen LogP contribution in [0.5, 0.6) is 0 Å². The summed E-state index contributed by atoms with van der Waals surface area (Å²) >= 11 is 0. The fourth-order valence-corrected chi connectivity index (χ4v) is 3.26. The highest BCUT2D eigenvalue weighted by atomic mass is 32.2. The van der Waals surface area contributed by atoms with Crippen LogP contribution in [0.15, 0.2) is 29.2 Å². The lowest BCUT2D eigenvalue weighted by Gasteiger charge is -2.30. The number of rotatable bonds is 2. The summed E-state index contributed by atoms with van der Waals surface area (Å²) in [4.78, 5) is 0.444. The summed E-state index contributed by atoms with van der Waals surface area (Å²) in [6.07, 6.45) is 0.977. The van der Waals surface area contributed by atoms with Crippen LogP contribution in [0.1, 0.15) is 12.0 Å². The summed E-state index contributed by atoms with van der Waals surface area (Å²) in [5.41, 5.74) is 0.819. The molecule has 0 unspecified atom stereocenters. The first-order valence-corrected chi connectivity index (χ1v) is 6.12. The van der Waals surface area contributed by atoms with Gasteiger partial charge in [-0.2, -0.15) is 4.31 Å². The predicted molar refractivity (Wildman–Crippen MR) is 54.6 cm³/mol. The van der Waals surface area contributed by atoms with E-state index in [2.05, 4.69) is 0 Å². The third-order valence-electron chi connectivity index (χ3n) is 2.53. The molecular weight excluding hydrogens is 198 g/mol. The van der Waals surface area contributed by atoms with E-state index in [1.165, 1.54) is 4.31 Å². The van der Waals surface area contributed by atoms with E-state index in [1.54, 1.807) is 12.1 Å². The molecular formula is C10H13NO2S. The van der Waals surface area contributed by atoms with Crippen molar-refractivity contribution in [3.63, 3.8) is 0 Å². The lowest BCUT2D eigenvalue weighted by molar-refractivity contribution is 0.309. The monoisotopic (exact) mass is 211 g/mol. The summed E-state index contributed by atoms with van der Waals surface area (Å²) < 4.78 is 25.4. The molecule has 0 atom stereocenters. The molecule has 0 N–H and O–H groups in total. The lowest BCUT2D eigenvalue weighted by atomic mass is 10.2. The maximum Gasteiger partial charge on any atom is 0.243 e. The molecule has 0 saturated carbocycles. The molecule has 2 rings (SSSR count). The molecule has 0 bridgehead atoms. The molecule has 0 aromatic heterocycles. The highest BCUT2D eigenvalue weighted by molar-refractivity contribution is 7.89. The Morgan fingerprint density at radius 2 is 1.86 bits per heavy atom. The van der Waals surface area contributed by atoms with Crippen molar-refractivity contribution in [1.82, 2.24) is 4.31 Å². The molecule has 1 aliphatic heterocycles. The number of nitrogens with zero attached hydrogens (tertiary/aromatic N) is 1. The minimum absolute atomic E-state index is 0.444. The topological polar surface area (TPSA) is 37.4 Å². The first-order chi connectivity index (χ1) is 6.62. The van der Waals surface area contributed by atoms with Crippen molar-refractivity contribution in [2.45, 2.75) is 18.2 Å². The maximum absolute atomic E-state index is 12.0. The van der Waals surface area contributed by atoms with Gasteiger partial charge in [0.25, 0.3) is 0 Å². The molecule has 1 fully saturated rings. The van der Waals surface area contributed by atoms with Crippen molar-refractivity contribution in [2.24, 2.45) is 0 Å². The van der Waals surface area contributed by atoms with Gasteiger partial charge in [-0.15, -0.1) is 0 Å². The van der Waals surface area contributed by atoms with E-state index in [-0.39, 0.29) is 0 Å². The Balaban J connectivity index is 2.43. The summed E-state index contributed by atoms with van der Waals surface area (Å²) in [5, 5.41) is 0. The largest absolute Gasteiger partial charge is 0.243 e. The van der Waals surface area contributed by atoms with Crippen LogP contribution in [0.2, 0.25) is 0 Å². The Bertz CT molecular complexity index is 435. The van der Waals surface area contributed by atoms with E-state index in [1.807, 2.05) is 19.1 Å². The zero-order valence-corrected chi connectivity index (χ0v) is 8.92. The fraction of sp³-hybridized carbons (Fsp3) is 0.400. The zero-order chi connectivity index (χ0) is 10.2. The van der Waals surface area contributed by atoms with Gasteiger partial charge in [-0.25, -0.2) is 8.42 Å². The average Bonchev–Trinajstić information content (AvgIpc) is 2.00. The van der Waals surface area contributed by atoms with Crippen molar-refractivity contribution in [3.8, 4) is 0 Å². The molecule has 0 radical (unpaired) electrons. The van der Waals surface area contributed by atoms with E-state index in [0.717, 1.165) is 12.0 Å². The summed E-state index contributed by atoms with van der Waals surface area (Å²) in [6.45, 7) is 3.15. The molecule has 3 nitrogen and oxygen atoms in total. The number of aryl methyl sites for hydroxylation is 1. The van der Waals surface area contributed by atoms with Crippen molar-refractivity contribution in [2.75, 3.05) is 13.1 Å². The number of sulfonamides is 1. The Morgan fingerprint density at radius 1 is 1.21 bits per heavy atom. The smallest absolute Gasteiger partial charge is 0.207 e. The molecule has 76 valence electrons. The Labute approximate surface area is 84.4 Å². The zero-order valence-electron chi connectivity index (χ0n) is 8.10. The van der Waals surface area contributed by atoms with Crippen LogP contribution < -0.4 is 0 Å². The van der Waals surface area contributed by atoms with E-state index < -0.39 is 10.0 Å². The second-order valence-corrected chi connectivity index (χ2v) is 5.43. The summed E-state index contributed by atoms with van der Waals surface area (Å²) in [7, 11) is -3.20. The van der Waals surface area contributed by atoms with Crippen LogP contribution in [0, 0.1) is 6.92 Å². The van der Waals surface area contributed by atoms with Crippen molar-refractivity contribution >= 4 is 10.0 Å². The maximum atomic E-state index is 12.0. The molecule has 0 aliphatic carbocycles. The molecule has 1 aliphatic rings. The van der Waals surface area contributed by atoms with Crippen LogP contribution in [-0.2, 0) is 10.0 Å². The van der Waals surface area contributed by atoms with E-state index in [0.29, 0.717) is 18.0 Å². The van der Waals surface area contributed by atoms with E-state index in [4.69, 9.17) is 0 Å². The van der Waals surface area contributed by atoms with E-state index >= 15 is 0 Å². The second-order valence-electron chi connectivity index (χ2n) is 3.52. The third kappa shape index (κ3) is 1.44. The highest BCUT2D eigenvalue weighted by Gasteiger charge is 2.29. The first kappa shape index (κ1) is 9.68.